The van der Waals surface area contributed by atoms with Crippen molar-refractivity contribution in [3.05, 3.63) is 83.1 Å². The van der Waals surface area contributed by atoms with Crippen molar-refractivity contribution in [1.82, 2.24) is 9.97 Å². The molecule has 1 saturated heterocycles. The molecular weight excluding hydrogens is 454 g/mol. The van der Waals surface area contributed by atoms with Gasteiger partial charge in [0, 0.05) is 41.6 Å². The molecule has 1 aliphatic heterocycles. The number of halogens is 1. The number of benzene rings is 2. The summed E-state index contributed by atoms with van der Waals surface area (Å²) in [6.45, 7) is 2.91. The molecule has 8 nitrogen and oxygen atoms in total. The summed E-state index contributed by atoms with van der Waals surface area (Å²) in [5, 5.41) is 6.82. The van der Waals surface area contributed by atoms with Gasteiger partial charge in [0.15, 0.2) is 0 Å². The zero-order chi connectivity index (χ0) is 23.5. The van der Waals surface area contributed by atoms with Gasteiger partial charge in [-0.15, -0.1) is 0 Å². The third-order valence-electron chi connectivity index (χ3n) is 5.61. The van der Waals surface area contributed by atoms with Crippen LogP contribution in [0.25, 0.3) is 11.0 Å². The predicted molar refractivity (Wildman–Crippen MR) is 133 cm³/mol. The highest BCUT2D eigenvalue weighted by atomic mass is 35.5. The second kappa shape index (κ2) is 9.54. The molecule has 1 fully saturated rings. The van der Waals surface area contributed by atoms with E-state index in [9.17, 15) is 9.59 Å². The first-order valence-electron chi connectivity index (χ1n) is 10.8. The van der Waals surface area contributed by atoms with Crippen molar-refractivity contribution in [2.24, 2.45) is 0 Å². The van der Waals surface area contributed by atoms with Crippen LogP contribution in [0.5, 0.6) is 0 Å². The first-order chi connectivity index (χ1) is 16.6. The largest absolute Gasteiger partial charge is 0.378 e. The number of anilines is 3. The minimum absolute atomic E-state index is 0.246. The van der Waals surface area contributed by atoms with Crippen molar-refractivity contribution in [1.29, 1.82) is 0 Å². The van der Waals surface area contributed by atoms with Crippen LogP contribution in [0.4, 0.5) is 17.1 Å². The highest BCUT2D eigenvalue weighted by molar-refractivity contribution is 6.34. The standard InChI is InChI=1S/C25H22ClN5O3/c26-22-5-4-18(14-21(22)25(33)30-19-12-16-6-7-27-23(16)28-15-19)29-24(32)17-2-1-3-20(13-17)31-8-10-34-11-9-31/h1-7,12-15H,8-11H2,(H,27,28)(H,29,32)(H,30,33). The van der Waals surface area contributed by atoms with Gasteiger partial charge in [-0.25, -0.2) is 4.98 Å². The average molecular weight is 476 g/mol. The Morgan fingerprint density at radius 3 is 2.65 bits per heavy atom. The smallest absolute Gasteiger partial charge is 0.257 e. The van der Waals surface area contributed by atoms with Gasteiger partial charge in [-0.3, -0.25) is 9.59 Å². The highest BCUT2D eigenvalue weighted by Crippen LogP contribution is 2.24. The molecule has 0 radical (unpaired) electrons. The molecule has 5 rings (SSSR count). The van der Waals surface area contributed by atoms with Crippen molar-refractivity contribution >= 4 is 51.5 Å². The minimum atomic E-state index is -0.396. The molecular formula is C25H22ClN5O3. The van der Waals surface area contributed by atoms with Crippen LogP contribution in [-0.4, -0.2) is 48.1 Å². The molecule has 0 spiro atoms. The fourth-order valence-electron chi connectivity index (χ4n) is 3.85. The van der Waals surface area contributed by atoms with E-state index in [-0.39, 0.29) is 16.5 Å². The summed E-state index contributed by atoms with van der Waals surface area (Å²) in [7, 11) is 0. The molecule has 4 aromatic rings. The molecule has 3 heterocycles. The number of H-pyrrole nitrogens is 1. The van der Waals surface area contributed by atoms with Crippen LogP contribution in [0, 0.1) is 0 Å². The number of aromatic nitrogens is 2. The number of carbonyl (C=O) groups is 2. The third-order valence-corrected chi connectivity index (χ3v) is 5.94. The Balaban J connectivity index is 1.31. The summed E-state index contributed by atoms with van der Waals surface area (Å²) in [6, 6.07) is 15.9. The number of morpholine rings is 1. The van der Waals surface area contributed by atoms with Crippen LogP contribution in [-0.2, 0) is 4.74 Å². The van der Waals surface area contributed by atoms with Crippen LogP contribution in [0.15, 0.2) is 67.0 Å². The van der Waals surface area contributed by atoms with Gasteiger partial charge in [0.25, 0.3) is 11.8 Å². The summed E-state index contributed by atoms with van der Waals surface area (Å²) in [5.41, 5.74) is 3.49. The van der Waals surface area contributed by atoms with E-state index in [0.717, 1.165) is 29.8 Å². The number of pyridine rings is 1. The first-order valence-corrected chi connectivity index (χ1v) is 11.2. The van der Waals surface area contributed by atoms with E-state index in [1.54, 1.807) is 36.7 Å². The summed E-state index contributed by atoms with van der Waals surface area (Å²) in [4.78, 5) is 35.2. The number of aromatic amines is 1. The molecule has 3 N–H and O–H groups in total. The van der Waals surface area contributed by atoms with Crippen LogP contribution >= 0.6 is 11.6 Å². The topological polar surface area (TPSA) is 99.3 Å². The number of hydrogen-bond acceptors (Lipinski definition) is 5. The maximum atomic E-state index is 12.9. The Bertz CT molecular complexity index is 1360. The maximum Gasteiger partial charge on any atom is 0.257 e. The van der Waals surface area contributed by atoms with E-state index in [0.29, 0.717) is 30.2 Å². The van der Waals surface area contributed by atoms with E-state index < -0.39 is 5.91 Å². The fraction of sp³-hybridized carbons (Fsp3) is 0.160. The molecule has 0 atom stereocenters. The Labute approximate surface area is 200 Å². The quantitative estimate of drug-likeness (QED) is 0.393. The number of hydrogen-bond donors (Lipinski definition) is 3. The summed E-state index contributed by atoms with van der Waals surface area (Å²) in [5.74, 6) is -0.669. The molecule has 0 saturated carbocycles. The number of rotatable bonds is 5. The fourth-order valence-corrected chi connectivity index (χ4v) is 4.06. The van der Waals surface area contributed by atoms with Crippen LogP contribution < -0.4 is 15.5 Å². The number of ether oxygens (including phenoxy) is 1. The summed E-state index contributed by atoms with van der Waals surface area (Å²) in [6.07, 6.45) is 3.35. The lowest BCUT2D eigenvalue weighted by Gasteiger charge is -2.29. The lowest BCUT2D eigenvalue weighted by atomic mass is 10.1. The number of amides is 2. The predicted octanol–water partition coefficient (Wildman–Crippen LogP) is 4.56. The highest BCUT2D eigenvalue weighted by Gasteiger charge is 2.16. The van der Waals surface area contributed by atoms with Gasteiger partial charge >= 0.3 is 0 Å². The minimum Gasteiger partial charge on any atom is -0.378 e. The zero-order valence-corrected chi connectivity index (χ0v) is 18.9. The van der Waals surface area contributed by atoms with Crippen molar-refractivity contribution in [3.8, 4) is 0 Å². The van der Waals surface area contributed by atoms with E-state index in [1.807, 2.05) is 30.3 Å². The monoisotopic (exact) mass is 475 g/mol. The molecule has 9 heteroatoms. The van der Waals surface area contributed by atoms with Crippen LogP contribution in [0.3, 0.4) is 0 Å². The van der Waals surface area contributed by atoms with Crippen molar-refractivity contribution in [2.45, 2.75) is 0 Å². The van der Waals surface area contributed by atoms with Crippen LogP contribution in [0.1, 0.15) is 20.7 Å². The molecule has 2 amide bonds. The molecule has 2 aromatic carbocycles. The van der Waals surface area contributed by atoms with E-state index in [4.69, 9.17) is 16.3 Å². The second-order valence-corrected chi connectivity index (χ2v) is 8.30. The summed E-state index contributed by atoms with van der Waals surface area (Å²) >= 11 is 6.29. The molecule has 172 valence electrons. The molecule has 34 heavy (non-hydrogen) atoms. The lowest BCUT2D eigenvalue weighted by Crippen LogP contribution is -2.36. The maximum absolute atomic E-state index is 12.9. The SMILES string of the molecule is O=C(Nc1ccc(Cl)c(C(=O)Nc2cnc3[nH]ccc3c2)c1)c1cccc(N2CCOCC2)c1. The second-order valence-electron chi connectivity index (χ2n) is 7.89. The Hall–Kier alpha value is -3.88. The number of carbonyl (C=O) groups excluding carboxylic acids is 2. The van der Waals surface area contributed by atoms with Gasteiger partial charge in [0.2, 0.25) is 0 Å². The third kappa shape index (κ3) is 4.73. The normalized spacial score (nSPS) is 13.6. The Morgan fingerprint density at radius 2 is 1.79 bits per heavy atom. The average Bonchev–Trinajstić information content (AvgIpc) is 3.34. The molecule has 2 aromatic heterocycles. The summed E-state index contributed by atoms with van der Waals surface area (Å²) < 4.78 is 5.40. The van der Waals surface area contributed by atoms with Crippen molar-refractivity contribution in [3.63, 3.8) is 0 Å². The van der Waals surface area contributed by atoms with E-state index in [1.165, 1.54) is 0 Å². The van der Waals surface area contributed by atoms with E-state index in [2.05, 4.69) is 25.5 Å². The van der Waals surface area contributed by atoms with Gasteiger partial charge in [-0.1, -0.05) is 17.7 Å². The van der Waals surface area contributed by atoms with E-state index >= 15 is 0 Å². The molecule has 0 unspecified atom stereocenters. The molecule has 1 aliphatic rings. The van der Waals surface area contributed by atoms with Gasteiger partial charge in [-0.05, 0) is 48.5 Å². The number of nitrogens with zero attached hydrogens (tertiary/aromatic N) is 2. The number of nitrogens with one attached hydrogen (secondary N) is 3. The Morgan fingerprint density at radius 1 is 0.971 bits per heavy atom. The van der Waals surface area contributed by atoms with Crippen LogP contribution in [0.2, 0.25) is 5.02 Å². The lowest BCUT2D eigenvalue weighted by molar-refractivity contribution is 0.101. The van der Waals surface area contributed by atoms with Gasteiger partial charge in [-0.2, -0.15) is 0 Å². The molecule has 0 aliphatic carbocycles. The first kappa shape index (κ1) is 21.9. The zero-order valence-electron chi connectivity index (χ0n) is 18.2. The Kier molecular flexibility index (Phi) is 6.16. The van der Waals surface area contributed by atoms with Crippen molar-refractivity contribution in [2.75, 3.05) is 41.8 Å². The van der Waals surface area contributed by atoms with Gasteiger partial charge < -0.3 is 25.3 Å². The van der Waals surface area contributed by atoms with Gasteiger partial charge in [0.1, 0.15) is 5.65 Å². The van der Waals surface area contributed by atoms with Gasteiger partial charge in [0.05, 0.1) is 35.7 Å². The number of fused-ring (bicyclic) bond motifs is 1. The molecule has 0 bridgehead atoms. The van der Waals surface area contributed by atoms with Crippen molar-refractivity contribution < 1.29 is 14.3 Å².